The Morgan fingerprint density at radius 1 is 1.12 bits per heavy atom. The van der Waals surface area contributed by atoms with Crippen molar-refractivity contribution in [1.82, 2.24) is 9.88 Å². The second kappa shape index (κ2) is 6.83. The average Bonchev–Trinajstić information content (AvgIpc) is 2.62. The molecule has 5 nitrogen and oxygen atoms in total. The SMILES string of the molecule is Cc1ccc(C(=O)N2CCC(c3ccccc3C(=O)O)CC2)cn1. The first kappa shape index (κ1) is 16.2. The van der Waals surface area contributed by atoms with E-state index in [2.05, 4.69) is 4.98 Å². The number of likely N-dealkylation sites (tertiary alicyclic amines) is 1. The fourth-order valence-corrected chi connectivity index (χ4v) is 3.22. The lowest BCUT2D eigenvalue weighted by Crippen LogP contribution is -2.38. The second-order valence-electron chi connectivity index (χ2n) is 6.15. The van der Waals surface area contributed by atoms with E-state index in [-0.39, 0.29) is 11.8 Å². The molecular weight excluding hydrogens is 304 g/mol. The number of benzene rings is 1. The monoisotopic (exact) mass is 324 g/mol. The van der Waals surface area contributed by atoms with Crippen LogP contribution in [0.2, 0.25) is 0 Å². The predicted molar refractivity (Wildman–Crippen MR) is 90.3 cm³/mol. The summed E-state index contributed by atoms with van der Waals surface area (Å²) in [6, 6.07) is 10.8. The molecule has 0 atom stereocenters. The van der Waals surface area contributed by atoms with Crippen LogP contribution in [0.5, 0.6) is 0 Å². The largest absolute Gasteiger partial charge is 0.478 e. The zero-order chi connectivity index (χ0) is 17.1. The van der Waals surface area contributed by atoms with Crippen LogP contribution in [0, 0.1) is 6.92 Å². The maximum absolute atomic E-state index is 12.5. The summed E-state index contributed by atoms with van der Waals surface area (Å²) in [7, 11) is 0. The number of piperidine rings is 1. The topological polar surface area (TPSA) is 70.5 Å². The van der Waals surface area contributed by atoms with Crippen LogP contribution >= 0.6 is 0 Å². The molecule has 0 aliphatic carbocycles. The number of hydrogen-bond acceptors (Lipinski definition) is 3. The smallest absolute Gasteiger partial charge is 0.335 e. The van der Waals surface area contributed by atoms with E-state index >= 15 is 0 Å². The van der Waals surface area contributed by atoms with Crippen molar-refractivity contribution >= 4 is 11.9 Å². The molecule has 0 spiro atoms. The molecule has 1 fully saturated rings. The fourth-order valence-electron chi connectivity index (χ4n) is 3.22. The molecule has 1 aromatic carbocycles. The number of carbonyl (C=O) groups is 2. The summed E-state index contributed by atoms with van der Waals surface area (Å²) in [6.45, 7) is 3.15. The molecule has 2 heterocycles. The maximum atomic E-state index is 12.5. The van der Waals surface area contributed by atoms with Gasteiger partial charge in [0.2, 0.25) is 0 Å². The molecule has 3 rings (SSSR count). The Kier molecular flexibility index (Phi) is 4.60. The van der Waals surface area contributed by atoms with Gasteiger partial charge in [0.15, 0.2) is 0 Å². The number of nitrogens with zero attached hydrogens (tertiary/aromatic N) is 2. The summed E-state index contributed by atoms with van der Waals surface area (Å²) in [5, 5.41) is 9.34. The van der Waals surface area contributed by atoms with Crippen LogP contribution in [0.15, 0.2) is 42.6 Å². The standard InChI is InChI=1S/C19H20N2O3/c1-13-6-7-15(12-20-13)18(22)21-10-8-14(9-11-21)16-4-2-3-5-17(16)19(23)24/h2-7,12,14H,8-11H2,1H3,(H,23,24). The van der Waals surface area contributed by atoms with Gasteiger partial charge in [0, 0.05) is 25.0 Å². The molecule has 0 unspecified atom stereocenters. The van der Waals surface area contributed by atoms with Crippen LogP contribution in [-0.2, 0) is 0 Å². The molecule has 0 saturated carbocycles. The minimum Gasteiger partial charge on any atom is -0.478 e. The van der Waals surface area contributed by atoms with Crippen LogP contribution in [-0.4, -0.2) is 40.0 Å². The molecular formula is C19H20N2O3. The van der Waals surface area contributed by atoms with Crippen molar-refractivity contribution in [3.63, 3.8) is 0 Å². The zero-order valence-corrected chi connectivity index (χ0v) is 13.6. The van der Waals surface area contributed by atoms with Gasteiger partial charge in [-0.1, -0.05) is 18.2 Å². The van der Waals surface area contributed by atoms with E-state index in [1.54, 1.807) is 24.4 Å². The molecule has 1 amide bonds. The second-order valence-corrected chi connectivity index (χ2v) is 6.15. The quantitative estimate of drug-likeness (QED) is 0.942. The Balaban J connectivity index is 1.69. The van der Waals surface area contributed by atoms with Crippen LogP contribution in [0.3, 0.4) is 0 Å². The molecule has 5 heteroatoms. The molecule has 1 saturated heterocycles. The lowest BCUT2D eigenvalue weighted by atomic mass is 9.86. The van der Waals surface area contributed by atoms with Crippen molar-refractivity contribution in [2.45, 2.75) is 25.7 Å². The number of amides is 1. The van der Waals surface area contributed by atoms with Crippen molar-refractivity contribution in [3.8, 4) is 0 Å². The third-order valence-corrected chi connectivity index (χ3v) is 4.57. The van der Waals surface area contributed by atoms with Crippen LogP contribution in [0.1, 0.15) is 50.7 Å². The number of rotatable bonds is 3. The van der Waals surface area contributed by atoms with Gasteiger partial charge in [-0.2, -0.15) is 0 Å². The minimum absolute atomic E-state index is 0.00697. The van der Waals surface area contributed by atoms with E-state index in [4.69, 9.17) is 0 Å². The van der Waals surface area contributed by atoms with Crippen LogP contribution < -0.4 is 0 Å². The molecule has 2 aromatic rings. The van der Waals surface area contributed by atoms with Gasteiger partial charge in [-0.25, -0.2) is 4.79 Å². The number of aromatic carboxylic acids is 1. The third-order valence-electron chi connectivity index (χ3n) is 4.57. The molecule has 1 aromatic heterocycles. The zero-order valence-electron chi connectivity index (χ0n) is 13.6. The van der Waals surface area contributed by atoms with E-state index in [0.29, 0.717) is 24.2 Å². The first-order chi connectivity index (χ1) is 11.6. The maximum Gasteiger partial charge on any atom is 0.335 e. The highest BCUT2D eigenvalue weighted by Crippen LogP contribution is 2.30. The number of carboxylic acid groups (broad SMARTS) is 1. The van der Waals surface area contributed by atoms with Crippen LogP contribution in [0.25, 0.3) is 0 Å². The van der Waals surface area contributed by atoms with E-state index in [1.807, 2.05) is 30.0 Å². The van der Waals surface area contributed by atoms with Gasteiger partial charge in [-0.05, 0) is 49.4 Å². The Bertz CT molecular complexity index is 747. The average molecular weight is 324 g/mol. The molecule has 0 radical (unpaired) electrons. The molecule has 1 N–H and O–H groups in total. The third kappa shape index (κ3) is 3.30. The highest BCUT2D eigenvalue weighted by molar-refractivity contribution is 5.94. The highest BCUT2D eigenvalue weighted by Gasteiger charge is 2.27. The van der Waals surface area contributed by atoms with Crippen LogP contribution in [0.4, 0.5) is 0 Å². The molecule has 124 valence electrons. The summed E-state index contributed by atoms with van der Waals surface area (Å²) in [6.07, 6.45) is 3.16. The lowest BCUT2D eigenvalue weighted by molar-refractivity contribution is 0.0680. The van der Waals surface area contributed by atoms with E-state index in [9.17, 15) is 14.7 Å². The van der Waals surface area contributed by atoms with Crippen molar-refractivity contribution in [1.29, 1.82) is 0 Å². The number of pyridine rings is 1. The summed E-state index contributed by atoms with van der Waals surface area (Å²) in [5.41, 5.74) is 2.72. The Labute approximate surface area is 140 Å². The van der Waals surface area contributed by atoms with E-state index < -0.39 is 5.97 Å². The highest BCUT2D eigenvalue weighted by atomic mass is 16.4. The minimum atomic E-state index is -0.894. The van der Waals surface area contributed by atoms with Crippen molar-refractivity contribution in [2.75, 3.05) is 13.1 Å². The van der Waals surface area contributed by atoms with Gasteiger partial charge in [0.05, 0.1) is 11.1 Å². The first-order valence-electron chi connectivity index (χ1n) is 8.10. The fraction of sp³-hybridized carbons (Fsp3) is 0.316. The van der Waals surface area contributed by atoms with Gasteiger partial charge < -0.3 is 10.0 Å². The Hall–Kier alpha value is -2.69. The van der Waals surface area contributed by atoms with Gasteiger partial charge in [-0.15, -0.1) is 0 Å². The number of carboxylic acids is 1. The predicted octanol–water partition coefficient (Wildman–Crippen LogP) is 3.11. The van der Waals surface area contributed by atoms with E-state index in [0.717, 1.165) is 24.1 Å². The molecule has 24 heavy (non-hydrogen) atoms. The molecule has 1 aliphatic rings. The number of aryl methyl sites for hydroxylation is 1. The summed E-state index contributed by atoms with van der Waals surface area (Å²) < 4.78 is 0. The van der Waals surface area contributed by atoms with Crippen molar-refractivity contribution in [2.24, 2.45) is 0 Å². The number of aromatic nitrogens is 1. The summed E-state index contributed by atoms with van der Waals surface area (Å²) >= 11 is 0. The summed E-state index contributed by atoms with van der Waals surface area (Å²) in [4.78, 5) is 29.9. The van der Waals surface area contributed by atoms with Gasteiger partial charge in [-0.3, -0.25) is 9.78 Å². The lowest BCUT2D eigenvalue weighted by Gasteiger charge is -2.32. The Morgan fingerprint density at radius 3 is 2.46 bits per heavy atom. The first-order valence-corrected chi connectivity index (χ1v) is 8.10. The molecule has 0 bridgehead atoms. The summed E-state index contributed by atoms with van der Waals surface area (Å²) in [5.74, 6) is -0.722. The number of carbonyl (C=O) groups excluding carboxylic acids is 1. The molecule has 1 aliphatic heterocycles. The number of hydrogen-bond donors (Lipinski definition) is 1. The van der Waals surface area contributed by atoms with Gasteiger partial charge in [0.1, 0.15) is 0 Å². The van der Waals surface area contributed by atoms with E-state index in [1.165, 1.54) is 0 Å². The van der Waals surface area contributed by atoms with Gasteiger partial charge in [0.25, 0.3) is 5.91 Å². The normalized spacial score (nSPS) is 15.3. The van der Waals surface area contributed by atoms with Crippen molar-refractivity contribution < 1.29 is 14.7 Å². The van der Waals surface area contributed by atoms with Crippen molar-refractivity contribution in [3.05, 3.63) is 65.0 Å². The van der Waals surface area contributed by atoms with Gasteiger partial charge >= 0.3 is 5.97 Å². The Morgan fingerprint density at radius 2 is 1.83 bits per heavy atom.